The predicted octanol–water partition coefficient (Wildman–Crippen LogP) is 1.85. The second-order valence-electron chi connectivity index (χ2n) is 3.69. The molecule has 92 valence electrons. The van der Waals surface area contributed by atoms with Gasteiger partial charge in [-0.05, 0) is 6.92 Å². The number of aryl methyl sites for hydroxylation is 1. The molecule has 0 fully saturated rings. The minimum Gasteiger partial charge on any atom is -0.481 e. The Labute approximate surface area is 110 Å². The zero-order valence-corrected chi connectivity index (χ0v) is 11.0. The van der Waals surface area contributed by atoms with E-state index in [2.05, 4.69) is 15.2 Å². The number of fused-ring (bicyclic) bond motifs is 1. The van der Waals surface area contributed by atoms with E-state index in [9.17, 15) is 4.79 Å². The van der Waals surface area contributed by atoms with Crippen LogP contribution in [-0.2, 0) is 11.2 Å². The highest BCUT2D eigenvalue weighted by molar-refractivity contribution is 7.16. The predicted molar refractivity (Wildman–Crippen MR) is 68.0 cm³/mol. The van der Waals surface area contributed by atoms with E-state index in [-0.39, 0.29) is 6.42 Å². The molecule has 0 aliphatic carbocycles. The summed E-state index contributed by atoms with van der Waals surface area (Å²) in [7, 11) is 0. The van der Waals surface area contributed by atoms with Crippen molar-refractivity contribution in [3.05, 3.63) is 22.4 Å². The fraction of sp³-hybridized carbons (Fsp3) is 0.200. The van der Waals surface area contributed by atoms with E-state index in [1.165, 1.54) is 22.7 Å². The minimum absolute atomic E-state index is 0.136. The second kappa shape index (κ2) is 4.14. The standard InChI is InChI=1S/C10H8N4O2S2/c1-5-9(18-4-11-5)6-3-17-10-13-12-7(14(6)10)2-8(15)16/h3-4H,2H2,1H3,(H,15,16). The first-order valence-corrected chi connectivity index (χ1v) is 6.86. The Hall–Kier alpha value is -1.80. The molecule has 0 saturated heterocycles. The van der Waals surface area contributed by atoms with Crippen molar-refractivity contribution in [2.45, 2.75) is 13.3 Å². The molecule has 18 heavy (non-hydrogen) atoms. The molecule has 6 nitrogen and oxygen atoms in total. The van der Waals surface area contributed by atoms with Crippen LogP contribution in [0.4, 0.5) is 0 Å². The molecular weight excluding hydrogens is 272 g/mol. The molecule has 1 N–H and O–H groups in total. The molecule has 0 unspecified atom stereocenters. The summed E-state index contributed by atoms with van der Waals surface area (Å²) in [4.78, 5) is 16.7. The molecular formula is C10H8N4O2S2. The van der Waals surface area contributed by atoms with Crippen LogP contribution < -0.4 is 0 Å². The first-order valence-electron chi connectivity index (χ1n) is 5.10. The third kappa shape index (κ3) is 1.70. The van der Waals surface area contributed by atoms with Crippen molar-refractivity contribution in [1.82, 2.24) is 19.6 Å². The largest absolute Gasteiger partial charge is 0.481 e. The first-order chi connectivity index (χ1) is 8.66. The van der Waals surface area contributed by atoms with Crippen molar-refractivity contribution in [2.24, 2.45) is 0 Å². The fourth-order valence-electron chi connectivity index (χ4n) is 1.73. The zero-order chi connectivity index (χ0) is 12.7. The third-order valence-corrected chi connectivity index (χ3v) is 4.27. The minimum atomic E-state index is -0.914. The molecule has 3 aromatic heterocycles. The average Bonchev–Trinajstić information content (AvgIpc) is 2.96. The SMILES string of the molecule is Cc1ncsc1-c1csc2nnc(CC(=O)O)n12. The van der Waals surface area contributed by atoms with Crippen LogP contribution in [0.2, 0.25) is 0 Å². The Morgan fingerprint density at radius 2 is 2.28 bits per heavy atom. The third-order valence-electron chi connectivity index (χ3n) is 2.50. The van der Waals surface area contributed by atoms with E-state index < -0.39 is 5.97 Å². The lowest BCUT2D eigenvalue weighted by atomic mass is 10.3. The molecule has 0 radical (unpaired) electrons. The van der Waals surface area contributed by atoms with Crippen LogP contribution in [0.15, 0.2) is 10.9 Å². The molecule has 0 aliphatic rings. The molecule has 3 aromatic rings. The fourth-order valence-corrected chi connectivity index (χ4v) is 3.45. The van der Waals surface area contributed by atoms with Crippen LogP contribution in [-0.4, -0.2) is 30.7 Å². The van der Waals surface area contributed by atoms with Crippen molar-refractivity contribution in [1.29, 1.82) is 0 Å². The molecule has 0 bridgehead atoms. The van der Waals surface area contributed by atoms with Crippen LogP contribution in [0.5, 0.6) is 0 Å². The van der Waals surface area contributed by atoms with E-state index in [0.29, 0.717) is 10.8 Å². The van der Waals surface area contributed by atoms with Crippen molar-refractivity contribution in [3.63, 3.8) is 0 Å². The summed E-state index contributed by atoms with van der Waals surface area (Å²) >= 11 is 2.97. The van der Waals surface area contributed by atoms with Crippen LogP contribution in [0, 0.1) is 6.92 Å². The van der Waals surface area contributed by atoms with Crippen molar-refractivity contribution < 1.29 is 9.90 Å². The van der Waals surface area contributed by atoms with Gasteiger partial charge in [0.1, 0.15) is 12.2 Å². The highest BCUT2D eigenvalue weighted by atomic mass is 32.1. The van der Waals surface area contributed by atoms with Gasteiger partial charge in [0.25, 0.3) is 0 Å². The molecule has 3 rings (SSSR count). The maximum Gasteiger partial charge on any atom is 0.311 e. The van der Waals surface area contributed by atoms with Crippen LogP contribution in [0.3, 0.4) is 0 Å². The van der Waals surface area contributed by atoms with Gasteiger partial charge in [0, 0.05) is 5.38 Å². The lowest BCUT2D eigenvalue weighted by Gasteiger charge is -1.99. The lowest BCUT2D eigenvalue weighted by Crippen LogP contribution is -2.05. The van der Waals surface area contributed by atoms with Gasteiger partial charge in [0.05, 0.1) is 21.8 Å². The topological polar surface area (TPSA) is 80.4 Å². The van der Waals surface area contributed by atoms with Gasteiger partial charge in [-0.1, -0.05) is 0 Å². The van der Waals surface area contributed by atoms with E-state index in [1.54, 1.807) is 9.91 Å². The molecule has 3 heterocycles. The Morgan fingerprint density at radius 1 is 1.44 bits per heavy atom. The van der Waals surface area contributed by atoms with Crippen LogP contribution in [0.1, 0.15) is 11.5 Å². The Morgan fingerprint density at radius 3 is 2.94 bits per heavy atom. The van der Waals surface area contributed by atoms with E-state index in [4.69, 9.17) is 5.11 Å². The molecule has 0 aliphatic heterocycles. The summed E-state index contributed by atoms with van der Waals surface area (Å²) in [6, 6.07) is 0. The van der Waals surface area contributed by atoms with E-state index in [0.717, 1.165) is 16.3 Å². The lowest BCUT2D eigenvalue weighted by molar-refractivity contribution is -0.136. The van der Waals surface area contributed by atoms with E-state index >= 15 is 0 Å². The number of carboxylic acid groups (broad SMARTS) is 1. The monoisotopic (exact) mass is 280 g/mol. The number of aliphatic carboxylic acids is 1. The van der Waals surface area contributed by atoms with Gasteiger partial charge in [-0.3, -0.25) is 9.20 Å². The zero-order valence-electron chi connectivity index (χ0n) is 9.32. The number of thiazole rings is 2. The molecule has 0 spiro atoms. The Balaban J connectivity index is 2.21. The molecule has 0 saturated carbocycles. The highest BCUT2D eigenvalue weighted by Gasteiger charge is 2.17. The van der Waals surface area contributed by atoms with Gasteiger partial charge in [0.2, 0.25) is 4.96 Å². The Bertz CT molecular complexity index is 727. The van der Waals surface area contributed by atoms with Crippen LogP contribution >= 0.6 is 22.7 Å². The normalized spacial score (nSPS) is 11.2. The highest BCUT2D eigenvalue weighted by Crippen LogP contribution is 2.31. The smallest absolute Gasteiger partial charge is 0.311 e. The number of nitrogens with zero attached hydrogens (tertiary/aromatic N) is 4. The molecule has 0 atom stereocenters. The maximum absolute atomic E-state index is 10.8. The quantitative estimate of drug-likeness (QED) is 0.792. The summed E-state index contributed by atoms with van der Waals surface area (Å²) < 4.78 is 1.79. The second-order valence-corrected chi connectivity index (χ2v) is 5.38. The van der Waals surface area contributed by atoms with E-state index in [1.807, 2.05) is 12.3 Å². The average molecular weight is 280 g/mol. The molecule has 8 heteroatoms. The summed E-state index contributed by atoms with van der Waals surface area (Å²) in [6.07, 6.45) is -0.136. The Kier molecular flexibility index (Phi) is 2.60. The molecule has 0 aromatic carbocycles. The van der Waals surface area contributed by atoms with Crippen molar-refractivity contribution in [3.8, 4) is 10.6 Å². The summed E-state index contributed by atoms with van der Waals surface area (Å²) in [6.45, 7) is 1.93. The number of hydrogen-bond acceptors (Lipinski definition) is 6. The van der Waals surface area contributed by atoms with Gasteiger partial charge in [-0.15, -0.1) is 32.9 Å². The van der Waals surface area contributed by atoms with Crippen molar-refractivity contribution in [2.75, 3.05) is 0 Å². The van der Waals surface area contributed by atoms with Gasteiger partial charge < -0.3 is 5.11 Å². The summed E-state index contributed by atoms with van der Waals surface area (Å²) in [5.41, 5.74) is 3.61. The number of rotatable bonds is 3. The van der Waals surface area contributed by atoms with Crippen LogP contribution in [0.25, 0.3) is 15.5 Å². The summed E-state index contributed by atoms with van der Waals surface area (Å²) in [5.74, 6) is -0.468. The summed E-state index contributed by atoms with van der Waals surface area (Å²) in [5, 5.41) is 18.7. The van der Waals surface area contributed by atoms with Crippen molar-refractivity contribution >= 4 is 33.6 Å². The number of carboxylic acids is 1. The number of aromatic nitrogens is 4. The first kappa shape index (κ1) is 11.3. The van der Waals surface area contributed by atoms with Gasteiger partial charge in [-0.2, -0.15) is 0 Å². The molecule has 0 amide bonds. The number of hydrogen-bond donors (Lipinski definition) is 1. The van der Waals surface area contributed by atoms with Gasteiger partial charge in [-0.25, -0.2) is 4.98 Å². The van der Waals surface area contributed by atoms with Gasteiger partial charge in [0.15, 0.2) is 0 Å². The number of carbonyl (C=O) groups is 1. The van der Waals surface area contributed by atoms with Gasteiger partial charge >= 0.3 is 5.97 Å². The maximum atomic E-state index is 10.8.